The van der Waals surface area contributed by atoms with Crippen molar-refractivity contribution in [3.8, 4) is 11.5 Å². The molecule has 0 saturated carbocycles. The lowest BCUT2D eigenvalue weighted by atomic mass is 10.1. The molecule has 3 aromatic heterocycles. The van der Waals surface area contributed by atoms with E-state index in [-0.39, 0.29) is 11.8 Å². The molecule has 3 rings (SSSR count). The Morgan fingerprint density at radius 1 is 1.41 bits per heavy atom. The molecule has 3 aromatic rings. The molecule has 1 unspecified atom stereocenters. The lowest BCUT2D eigenvalue weighted by Gasteiger charge is -2.04. The topological polar surface area (TPSA) is 56.7 Å². The van der Waals surface area contributed by atoms with Gasteiger partial charge in [0.05, 0.1) is 17.7 Å². The molecule has 116 valence electrons. The van der Waals surface area contributed by atoms with Crippen LogP contribution in [0.5, 0.6) is 0 Å². The van der Waals surface area contributed by atoms with E-state index >= 15 is 0 Å². The Morgan fingerprint density at radius 2 is 2.23 bits per heavy atom. The second-order valence-corrected chi connectivity index (χ2v) is 5.72. The van der Waals surface area contributed by atoms with Crippen LogP contribution in [-0.4, -0.2) is 26.1 Å². The predicted octanol–water partition coefficient (Wildman–Crippen LogP) is 3.71. The third-order valence-electron chi connectivity index (χ3n) is 3.02. The van der Waals surface area contributed by atoms with E-state index in [1.807, 2.05) is 24.4 Å². The van der Waals surface area contributed by atoms with Crippen LogP contribution in [-0.2, 0) is 6.54 Å². The van der Waals surface area contributed by atoms with Gasteiger partial charge in [0.1, 0.15) is 6.54 Å². The maximum Gasteiger partial charge on any atom is 0.408 e. The molecule has 0 aliphatic carbocycles. The molecule has 9 heteroatoms. The Kier molecular flexibility index (Phi) is 3.73. The SMILES string of the molecule is CC(c1noc(-c2cnn(CC(F)(F)F)c2)n1)c1cccs1. The van der Waals surface area contributed by atoms with Gasteiger partial charge in [0, 0.05) is 11.1 Å². The van der Waals surface area contributed by atoms with E-state index in [4.69, 9.17) is 4.52 Å². The van der Waals surface area contributed by atoms with Gasteiger partial charge in [-0.05, 0) is 11.4 Å². The Balaban J connectivity index is 1.79. The monoisotopic (exact) mass is 328 g/mol. The first-order valence-corrected chi connectivity index (χ1v) is 7.27. The van der Waals surface area contributed by atoms with Crippen molar-refractivity contribution in [2.45, 2.75) is 25.6 Å². The number of thiophene rings is 1. The second-order valence-electron chi connectivity index (χ2n) is 4.74. The van der Waals surface area contributed by atoms with Gasteiger partial charge in [-0.25, -0.2) is 0 Å². The van der Waals surface area contributed by atoms with Crippen molar-refractivity contribution < 1.29 is 17.7 Å². The molecule has 0 aliphatic rings. The standard InChI is InChI=1S/C13H11F3N4OS/c1-8(10-3-2-4-22-10)11-18-12(21-19-11)9-5-17-20(6-9)7-13(14,15)16/h2-6,8H,7H2,1H3. The summed E-state index contributed by atoms with van der Waals surface area (Å²) in [6, 6.07) is 3.89. The van der Waals surface area contributed by atoms with Gasteiger partial charge in [0.25, 0.3) is 5.89 Å². The number of halogens is 3. The molecule has 0 aliphatic heterocycles. The highest BCUT2D eigenvalue weighted by molar-refractivity contribution is 7.10. The normalized spacial score (nSPS) is 13.5. The predicted molar refractivity (Wildman–Crippen MR) is 73.4 cm³/mol. The first kappa shape index (κ1) is 14.8. The molecule has 5 nitrogen and oxygen atoms in total. The zero-order chi connectivity index (χ0) is 15.7. The van der Waals surface area contributed by atoms with E-state index < -0.39 is 12.7 Å². The van der Waals surface area contributed by atoms with Crippen LogP contribution < -0.4 is 0 Å². The quantitative estimate of drug-likeness (QED) is 0.732. The summed E-state index contributed by atoms with van der Waals surface area (Å²) in [5.74, 6) is 0.607. The Hall–Kier alpha value is -2.16. The van der Waals surface area contributed by atoms with Crippen molar-refractivity contribution >= 4 is 11.3 Å². The van der Waals surface area contributed by atoms with Crippen LogP contribution in [0.1, 0.15) is 23.5 Å². The largest absolute Gasteiger partial charge is 0.408 e. The number of rotatable bonds is 4. The van der Waals surface area contributed by atoms with Gasteiger partial charge in [-0.2, -0.15) is 23.3 Å². The lowest BCUT2D eigenvalue weighted by molar-refractivity contribution is -0.142. The number of hydrogen-bond acceptors (Lipinski definition) is 5. The molecule has 22 heavy (non-hydrogen) atoms. The van der Waals surface area contributed by atoms with Crippen LogP contribution in [0.15, 0.2) is 34.4 Å². The zero-order valence-electron chi connectivity index (χ0n) is 11.4. The van der Waals surface area contributed by atoms with E-state index in [1.54, 1.807) is 11.3 Å². The molecule has 0 saturated heterocycles. The van der Waals surface area contributed by atoms with Gasteiger partial charge in [-0.1, -0.05) is 18.1 Å². The Morgan fingerprint density at radius 3 is 2.91 bits per heavy atom. The summed E-state index contributed by atoms with van der Waals surface area (Å²) in [5, 5.41) is 9.50. The van der Waals surface area contributed by atoms with Gasteiger partial charge < -0.3 is 4.52 Å². The van der Waals surface area contributed by atoms with E-state index in [1.165, 1.54) is 12.4 Å². The molecule has 3 heterocycles. The summed E-state index contributed by atoms with van der Waals surface area (Å²) in [6.07, 6.45) is -1.81. The minimum absolute atomic E-state index is 0.0391. The molecule has 0 spiro atoms. The van der Waals surface area contributed by atoms with Gasteiger partial charge in [-0.15, -0.1) is 11.3 Å². The number of nitrogens with zero attached hydrogens (tertiary/aromatic N) is 4. The molecule has 1 atom stereocenters. The van der Waals surface area contributed by atoms with Crippen molar-refractivity contribution in [1.29, 1.82) is 0 Å². The van der Waals surface area contributed by atoms with Crippen LogP contribution in [0, 0.1) is 0 Å². The number of alkyl halides is 3. The van der Waals surface area contributed by atoms with Crippen LogP contribution in [0.3, 0.4) is 0 Å². The fourth-order valence-corrected chi connectivity index (χ4v) is 2.72. The first-order valence-electron chi connectivity index (χ1n) is 6.39. The van der Waals surface area contributed by atoms with Crippen molar-refractivity contribution in [3.05, 3.63) is 40.6 Å². The molecular weight excluding hydrogens is 317 g/mol. The van der Waals surface area contributed by atoms with E-state index in [0.29, 0.717) is 11.4 Å². The fraction of sp³-hybridized carbons (Fsp3) is 0.308. The second kappa shape index (κ2) is 5.56. The maximum atomic E-state index is 12.3. The number of hydrogen-bond donors (Lipinski definition) is 0. The van der Waals surface area contributed by atoms with Gasteiger partial charge in [0.15, 0.2) is 5.82 Å². The van der Waals surface area contributed by atoms with Gasteiger partial charge >= 0.3 is 6.18 Å². The first-order chi connectivity index (χ1) is 10.4. The van der Waals surface area contributed by atoms with Crippen LogP contribution in [0.25, 0.3) is 11.5 Å². The molecule has 0 radical (unpaired) electrons. The van der Waals surface area contributed by atoms with Crippen LogP contribution in [0.4, 0.5) is 13.2 Å². The number of aromatic nitrogens is 4. The highest BCUT2D eigenvalue weighted by Gasteiger charge is 2.28. The summed E-state index contributed by atoms with van der Waals surface area (Å²) < 4.78 is 42.8. The van der Waals surface area contributed by atoms with Gasteiger partial charge in [-0.3, -0.25) is 4.68 Å². The average molecular weight is 328 g/mol. The Bertz CT molecular complexity index is 748. The minimum Gasteiger partial charge on any atom is -0.334 e. The molecule has 0 fully saturated rings. The van der Waals surface area contributed by atoms with Gasteiger partial charge in [0.2, 0.25) is 0 Å². The smallest absolute Gasteiger partial charge is 0.334 e. The third-order valence-corrected chi connectivity index (χ3v) is 4.08. The maximum absolute atomic E-state index is 12.3. The average Bonchev–Trinajstić information content (AvgIpc) is 3.17. The Labute approximate surface area is 127 Å². The summed E-state index contributed by atoms with van der Waals surface area (Å²) in [4.78, 5) is 5.32. The molecule has 0 bridgehead atoms. The van der Waals surface area contributed by atoms with Crippen molar-refractivity contribution in [3.63, 3.8) is 0 Å². The zero-order valence-corrected chi connectivity index (χ0v) is 12.2. The van der Waals surface area contributed by atoms with Crippen LogP contribution >= 0.6 is 11.3 Å². The highest BCUT2D eigenvalue weighted by atomic mass is 32.1. The van der Waals surface area contributed by atoms with E-state index in [0.717, 1.165) is 9.56 Å². The molecular formula is C13H11F3N4OS. The van der Waals surface area contributed by atoms with Crippen LogP contribution in [0.2, 0.25) is 0 Å². The lowest BCUT2D eigenvalue weighted by Crippen LogP contribution is -2.17. The molecule has 0 amide bonds. The summed E-state index contributed by atoms with van der Waals surface area (Å²) in [6.45, 7) is 0.785. The van der Waals surface area contributed by atoms with E-state index in [2.05, 4.69) is 15.2 Å². The summed E-state index contributed by atoms with van der Waals surface area (Å²) >= 11 is 1.58. The summed E-state index contributed by atoms with van der Waals surface area (Å²) in [5.41, 5.74) is 0.362. The third kappa shape index (κ3) is 3.19. The van der Waals surface area contributed by atoms with Crippen molar-refractivity contribution in [2.75, 3.05) is 0 Å². The molecule has 0 aromatic carbocycles. The van der Waals surface area contributed by atoms with Crippen molar-refractivity contribution in [1.82, 2.24) is 19.9 Å². The highest BCUT2D eigenvalue weighted by Crippen LogP contribution is 2.27. The summed E-state index contributed by atoms with van der Waals surface area (Å²) in [7, 11) is 0. The minimum atomic E-state index is -4.32. The molecule has 0 N–H and O–H groups in total. The van der Waals surface area contributed by atoms with Crippen molar-refractivity contribution in [2.24, 2.45) is 0 Å². The fourth-order valence-electron chi connectivity index (χ4n) is 1.94. The van der Waals surface area contributed by atoms with E-state index in [9.17, 15) is 13.2 Å².